The Labute approximate surface area is 65.4 Å². The summed E-state index contributed by atoms with van der Waals surface area (Å²) in [5, 5.41) is 0. The van der Waals surface area contributed by atoms with E-state index in [4.69, 9.17) is 4.74 Å². The molecule has 11 heavy (non-hydrogen) atoms. The summed E-state index contributed by atoms with van der Waals surface area (Å²) in [6.45, 7) is 4.71. The van der Waals surface area contributed by atoms with Gasteiger partial charge in [0.2, 0.25) is 0 Å². The van der Waals surface area contributed by atoms with Crippen LogP contribution in [-0.2, 0) is 10.3 Å². The molecule has 0 N–H and O–H groups in total. The minimum Gasteiger partial charge on any atom is -0.363 e. The van der Waals surface area contributed by atoms with Gasteiger partial charge >= 0.3 is 0 Å². The van der Waals surface area contributed by atoms with Gasteiger partial charge < -0.3 is 4.74 Å². The normalized spacial score (nSPS) is 28.5. The lowest BCUT2D eigenvalue weighted by Crippen LogP contribution is -2.05. The van der Waals surface area contributed by atoms with E-state index in [0.29, 0.717) is 0 Å². The maximum absolute atomic E-state index is 5.22. The molecule has 0 bridgehead atoms. The van der Waals surface area contributed by atoms with Gasteiger partial charge in [0.15, 0.2) is 0 Å². The van der Waals surface area contributed by atoms with Crippen molar-refractivity contribution >= 4 is 0 Å². The molecule has 0 saturated carbocycles. The van der Waals surface area contributed by atoms with Gasteiger partial charge in [-0.1, -0.05) is 0 Å². The molecule has 3 nitrogen and oxygen atoms in total. The lowest BCUT2D eigenvalue weighted by molar-refractivity contribution is 0.323. The zero-order chi connectivity index (χ0) is 7.90. The van der Waals surface area contributed by atoms with Crippen molar-refractivity contribution in [1.29, 1.82) is 0 Å². The van der Waals surface area contributed by atoms with Crippen molar-refractivity contribution in [1.82, 2.24) is 9.97 Å². The van der Waals surface area contributed by atoms with Crippen LogP contribution in [0.5, 0.6) is 0 Å². The van der Waals surface area contributed by atoms with Gasteiger partial charge in [0.25, 0.3) is 0 Å². The van der Waals surface area contributed by atoms with Gasteiger partial charge in [0, 0.05) is 6.20 Å². The van der Waals surface area contributed by atoms with E-state index in [1.54, 1.807) is 12.4 Å². The molecule has 3 heteroatoms. The maximum Gasteiger partial charge on any atom is 0.132 e. The number of ether oxygens (including phenoxy) is 1. The first kappa shape index (κ1) is 6.73. The number of aromatic nitrogens is 2. The monoisotopic (exact) mass is 150 g/mol. The summed E-state index contributed by atoms with van der Waals surface area (Å²) in [6.07, 6.45) is 3.55. The molecule has 1 aliphatic rings. The fourth-order valence-electron chi connectivity index (χ4n) is 0.922. The van der Waals surface area contributed by atoms with E-state index in [1.807, 2.05) is 13.8 Å². The second-order valence-electron chi connectivity index (χ2n) is 3.06. The zero-order valence-corrected chi connectivity index (χ0v) is 6.66. The molecule has 1 saturated heterocycles. The van der Waals surface area contributed by atoms with Crippen molar-refractivity contribution in [3.05, 3.63) is 23.8 Å². The highest BCUT2D eigenvalue weighted by atomic mass is 16.6. The summed E-state index contributed by atoms with van der Waals surface area (Å²) in [4.78, 5) is 8.37. The number of epoxide rings is 1. The van der Waals surface area contributed by atoms with Gasteiger partial charge in [-0.25, -0.2) is 0 Å². The van der Waals surface area contributed by atoms with E-state index in [9.17, 15) is 0 Å². The fraction of sp³-hybridized carbons (Fsp3) is 0.500. The smallest absolute Gasteiger partial charge is 0.132 e. The first-order valence-corrected chi connectivity index (χ1v) is 3.64. The van der Waals surface area contributed by atoms with E-state index in [-0.39, 0.29) is 5.60 Å². The maximum atomic E-state index is 5.22. The molecular weight excluding hydrogens is 140 g/mol. The van der Waals surface area contributed by atoms with Crippen molar-refractivity contribution in [3.8, 4) is 0 Å². The first-order valence-electron chi connectivity index (χ1n) is 3.64. The molecule has 1 atom stereocenters. The largest absolute Gasteiger partial charge is 0.363 e. The zero-order valence-electron chi connectivity index (χ0n) is 6.66. The van der Waals surface area contributed by atoms with E-state index < -0.39 is 0 Å². The lowest BCUT2D eigenvalue weighted by atomic mass is 10.1. The average molecular weight is 150 g/mol. The standard InChI is InChI=1S/C8H10N2O/c1-6-3-10-7(4-9-6)8(2)5-11-8/h3-4H,5H2,1-2H3. The molecular formula is C8H10N2O. The van der Waals surface area contributed by atoms with Crippen LogP contribution in [0.4, 0.5) is 0 Å². The van der Waals surface area contributed by atoms with Crippen LogP contribution in [-0.4, -0.2) is 16.6 Å². The summed E-state index contributed by atoms with van der Waals surface area (Å²) in [5.74, 6) is 0. The third-order valence-corrected chi connectivity index (χ3v) is 1.90. The van der Waals surface area contributed by atoms with Crippen LogP contribution < -0.4 is 0 Å². The highest BCUT2D eigenvalue weighted by molar-refractivity contribution is 5.14. The molecule has 0 radical (unpaired) electrons. The molecule has 1 aliphatic heterocycles. The molecule has 2 rings (SSSR count). The third kappa shape index (κ3) is 1.12. The Morgan fingerprint density at radius 3 is 2.64 bits per heavy atom. The Balaban J connectivity index is 2.33. The van der Waals surface area contributed by atoms with Crippen molar-refractivity contribution < 1.29 is 4.74 Å². The Hall–Kier alpha value is -0.960. The molecule has 1 aromatic rings. The molecule has 0 amide bonds. The Kier molecular flexibility index (Phi) is 1.23. The number of hydrogen-bond donors (Lipinski definition) is 0. The van der Waals surface area contributed by atoms with E-state index in [0.717, 1.165) is 18.0 Å². The molecule has 0 aliphatic carbocycles. The van der Waals surface area contributed by atoms with Gasteiger partial charge in [-0.05, 0) is 13.8 Å². The summed E-state index contributed by atoms with van der Waals surface area (Å²) in [7, 11) is 0. The van der Waals surface area contributed by atoms with Crippen molar-refractivity contribution in [2.75, 3.05) is 6.61 Å². The third-order valence-electron chi connectivity index (χ3n) is 1.90. The second-order valence-corrected chi connectivity index (χ2v) is 3.06. The fourth-order valence-corrected chi connectivity index (χ4v) is 0.922. The van der Waals surface area contributed by atoms with E-state index in [2.05, 4.69) is 9.97 Å². The Morgan fingerprint density at radius 1 is 1.45 bits per heavy atom. The van der Waals surface area contributed by atoms with Gasteiger partial charge in [0.05, 0.1) is 24.2 Å². The minimum absolute atomic E-state index is 0.138. The van der Waals surface area contributed by atoms with Crippen molar-refractivity contribution in [2.24, 2.45) is 0 Å². The van der Waals surface area contributed by atoms with Crippen LogP contribution in [0.25, 0.3) is 0 Å². The molecule has 1 unspecified atom stereocenters. The minimum atomic E-state index is -0.138. The highest BCUT2D eigenvalue weighted by Crippen LogP contribution is 2.35. The Bertz CT molecular complexity index is 264. The van der Waals surface area contributed by atoms with E-state index >= 15 is 0 Å². The predicted octanol–water partition coefficient (Wildman–Crippen LogP) is 1.03. The topological polar surface area (TPSA) is 38.3 Å². The van der Waals surface area contributed by atoms with E-state index in [1.165, 1.54) is 0 Å². The molecule has 1 fully saturated rings. The SMILES string of the molecule is Cc1cnc(C2(C)CO2)cn1. The van der Waals surface area contributed by atoms with Crippen molar-refractivity contribution in [3.63, 3.8) is 0 Å². The van der Waals surface area contributed by atoms with Crippen LogP contribution in [0.3, 0.4) is 0 Å². The molecule has 0 spiro atoms. The number of aryl methyl sites for hydroxylation is 1. The van der Waals surface area contributed by atoms with Crippen molar-refractivity contribution in [2.45, 2.75) is 19.4 Å². The number of nitrogens with zero attached hydrogens (tertiary/aromatic N) is 2. The summed E-state index contributed by atoms with van der Waals surface area (Å²) in [6, 6.07) is 0. The first-order chi connectivity index (χ1) is 5.21. The average Bonchev–Trinajstić information content (AvgIpc) is 2.70. The van der Waals surface area contributed by atoms with Gasteiger partial charge in [-0.15, -0.1) is 0 Å². The molecule has 2 heterocycles. The van der Waals surface area contributed by atoms with Crippen LogP contribution in [0.2, 0.25) is 0 Å². The van der Waals surface area contributed by atoms with Crippen LogP contribution >= 0.6 is 0 Å². The summed E-state index contributed by atoms with van der Waals surface area (Å²) in [5.41, 5.74) is 1.74. The molecule has 0 aromatic carbocycles. The van der Waals surface area contributed by atoms with Crippen LogP contribution in [0, 0.1) is 6.92 Å². The van der Waals surface area contributed by atoms with Crippen LogP contribution in [0.15, 0.2) is 12.4 Å². The second kappa shape index (κ2) is 2.01. The predicted molar refractivity (Wildman–Crippen MR) is 40.1 cm³/mol. The number of hydrogen-bond acceptors (Lipinski definition) is 3. The highest BCUT2D eigenvalue weighted by Gasteiger charge is 2.42. The summed E-state index contributed by atoms with van der Waals surface area (Å²) >= 11 is 0. The van der Waals surface area contributed by atoms with Gasteiger partial charge in [0.1, 0.15) is 5.60 Å². The number of rotatable bonds is 1. The quantitative estimate of drug-likeness (QED) is 0.561. The van der Waals surface area contributed by atoms with Gasteiger partial charge in [-0.3, -0.25) is 9.97 Å². The Morgan fingerprint density at radius 2 is 2.18 bits per heavy atom. The molecule has 1 aromatic heterocycles. The van der Waals surface area contributed by atoms with Crippen LogP contribution in [0.1, 0.15) is 18.3 Å². The molecule has 58 valence electrons. The lowest BCUT2D eigenvalue weighted by Gasteiger charge is -2.02. The van der Waals surface area contributed by atoms with Gasteiger partial charge in [-0.2, -0.15) is 0 Å². The summed E-state index contributed by atoms with van der Waals surface area (Å²) < 4.78 is 5.22.